The molecule has 1 aliphatic carbocycles. The molecular weight excluding hydrogens is 306 g/mol. The van der Waals surface area contributed by atoms with Crippen molar-refractivity contribution in [3.05, 3.63) is 32.7 Å². The van der Waals surface area contributed by atoms with E-state index in [1.54, 1.807) is 0 Å². The molecule has 1 aliphatic rings. The van der Waals surface area contributed by atoms with Gasteiger partial charge in [0.15, 0.2) is 0 Å². The third-order valence-corrected chi connectivity index (χ3v) is 4.16. The summed E-state index contributed by atoms with van der Waals surface area (Å²) in [5.74, 6) is 0.687. The van der Waals surface area contributed by atoms with Crippen LogP contribution in [0.1, 0.15) is 30.9 Å². The second-order valence-electron chi connectivity index (χ2n) is 3.88. The average Bonchev–Trinajstić information content (AvgIpc) is 2.00. The molecule has 1 fully saturated rings. The predicted octanol–water partition coefficient (Wildman–Crippen LogP) is 4.01. The quantitative estimate of drug-likeness (QED) is 0.876. The highest BCUT2D eigenvalue weighted by atomic mass is 79.9. The zero-order valence-corrected chi connectivity index (χ0v) is 11.0. The maximum Gasteiger partial charge on any atom is 0.0334 e. The van der Waals surface area contributed by atoms with Gasteiger partial charge in [-0.3, -0.25) is 0 Å². The lowest BCUT2D eigenvalue weighted by atomic mass is 9.78. The van der Waals surface area contributed by atoms with Gasteiger partial charge in [-0.2, -0.15) is 0 Å². The second-order valence-corrected chi connectivity index (χ2v) is 5.65. The number of nitrogens with two attached hydrogens (primary N) is 1. The van der Waals surface area contributed by atoms with Gasteiger partial charge in [-0.1, -0.05) is 44.3 Å². The summed E-state index contributed by atoms with van der Waals surface area (Å²) in [6, 6.07) is 6.43. The van der Waals surface area contributed by atoms with Crippen LogP contribution in [0.15, 0.2) is 27.1 Å². The van der Waals surface area contributed by atoms with Crippen molar-refractivity contribution in [2.24, 2.45) is 11.7 Å². The molecule has 1 aromatic rings. The third-order valence-electron chi connectivity index (χ3n) is 2.98. The Morgan fingerprint density at radius 3 is 2.50 bits per heavy atom. The Bertz CT molecular complexity index is 334. The van der Waals surface area contributed by atoms with Crippen molar-refractivity contribution in [1.82, 2.24) is 0 Å². The van der Waals surface area contributed by atoms with Gasteiger partial charge in [0.05, 0.1) is 0 Å². The monoisotopic (exact) mass is 317 g/mol. The molecule has 0 bridgehead atoms. The van der Waals surface area contributed by atoms with Crippen LogP contribution in [0.4, 0.5) is 0 Å². The van der Waals surface area contributed by atoms with Crippen molar-refractivity contribution in [2.45, 2.75) is 25.3 Å². The molecule has 3 heteroatoms. The first kappa shape index (κ1) is 10.7. The number of benzene rings is 1. The predicted molar refractivity (Wildman–Crippen MR) is 66.1 cm³/mol. The van der Waals surface area contributed by atoms with E-state index in [9.17, 15) is 0 Å². The van der Waals surface area contributed by atoms with Crippen LogP contribution in [0.3, 0.4) is 0 Å². The SMILES string of the molecule is N[C@H](c1ccc(Br)cc1Br)C1CCC1. The van der Waals surface area contributed by atoms with Gasteiger partial charge < -0.3 is 5.73 Å². The summed E-state index contributed by atoms with van der Waals surface area (Å²) in [5.41, 5.74) is 7.44. The van der Waals surface area contributed by atoms with E-state index in [0.717, 1.165) is 8.95 Å². The smallest absolute Gasteiger partial charge is 0.0334 e. The Kier molecular flexibility index (Phi) is 3.30. The van der Waals surface area contributed by atoms with Crippen LogP contribution in [-0.4, -0.2) is 0 Å². The maximum atomic E-state index is 6.21. The Hall–Kier alpha value is 0.140. The van der Waals surface area contributed by atoms with E-state index in [0.29, 0.717) is 5.92 Å². The number of rotatable bonds is 2. The Morgan fingerprint density at radius 1 is 1.29 bits per heavy atom. The van der Waals surface area contributed by atoms with Gasteiger partial charge in [0.25, 0.3) is 0 Å². The minimum Gasteiger partial charge on any atom is -0.324 e. The van der Waals surface area contributed by atoms with E-state index >= 15 is 0 Å². The number of hydrogen-bond acceptors (Lipinski definition) is 1. The lowest BCUT2D eigenvalue weighted by molar-refractivity contribution is 0.264. The Morgan fingerprint density at radius 2 is 2.00 bits per heavy atom. The van der Waals surface area contributed by atoms with Gasteiger partial charge in [-0.25, -0.2) is 0 Å². The van der Waals surface area contributed by atoms with E-state index in [4.69, 9.17) is 5.73 Å². The van der Waals surface area contributed by atoms with Crippen LogP contribution < -0.4 is 5.73 Å². The molecule has 0 saturated heterocycles. The summed E-state index contributed by atoms with van der Waals surface area (Å²) >= 11 is 7.00. The van der Waals surface area contributed by atoms with Crippen LogP contribution in [0.2, 0.25) is 0 Å². The summed E-state index contributed by atoms with van der Waals surface area (Å²) in [4.78, 5) is 0. The molecule has 1 aromatic carbocycles. The second kappa shape index (κ2) is 4.33. The van der Waals surface area contributed by atoms with Crippen molar-refractivity contribution in [3.8, 4) is 0 Å². The fraction of sp³-hybridized carbons (Fsp3) is 0.455. The number of halogens is 2. The lowest BCUT2D eigenvalue weighted by Crippen LogP contribution is -2.27. The summed E-state index contributed by atoms with van der Waals surface area (Å²) in [5, 5.41) is 0. The molecule has 0 aliphatic heterocycles. The Labute approximate surface area is 101 Å². The molecule has 2 N–H and O–H groups in total. The molecule has 0 heterocycles. The van der Waals surface area contributed by atoms with Crippen LogP contribution in [0.25, 0.3) is 0 Å². The van der Waals surface area contributed by atoms with Crippen molar-refractivity contribution < 1.29 is 0 Å². The first-order chi connectivity index (χ1) is 6.68. The van der Waals surface area contributed by atoms with Gasteiger partial charge in [-0.15, -0.1) is 0 Å². The molecular formula is C11H13Br2N. The summed E-state index contributed by atoms with van der Waals surface area (Å²) < 4.78 is 2.21. The highest BCUT2D eigenvalue weighted by molar-refractivity contribution is 9.11. The zero-order chi connectivity index (χ0) is 10.1. The highest BCUT2D eigenvalue weighted by Gasteiger charge is 2.26. The zero-order valence-electron chi connectivity index (χ0n) is 7.84. The fourth-order valence-electron chi connectivity index (χ4n) is 1.82. The van der Waals surface area contributed by atoms with Gasteiger partial charge in [0.2, 0.25) is 0 Å². The normalized spacial score (nSPS) is 19.1. The fourth-order valence-corrected chi connectivity index (χ4v) is 3.14. The summed E-state index contributed by atoms with van der Waals surface area (Å²) in [6.45, 7) is 0. The average molecular weight is 319 g/mol. The Balaban J connectivity index is 2.22. The van der Waals surface area contributed by atoms with Crippen molar-refractivity contribution >= 4 is 31.9 Å². The number of hydrogen-bond donors (Lipinski definition) is 1. The minimum atomic E-state index is 0.200. The molecule has 14 heavy (non-hydrogen) atoms. The molecule has 2 rings (SSSR count). The molecule has 0 unspecified atom stereocenters. The molecule has 0 radical (unpaired) electrons. The third kappa shape index (κ3) is 2.05. The van der Waals surface area contributed by atoms with E-state index in [2.05, 4.69) is 50.1 Å². The molecule has 0 aromatic heterocycles. The topological polar surface area (TPSA) is 26.0 Å². The van der Waals surface area contributed by atoms with Crippen molar-refractivity contribution in [1.29, 1.82) is 0 Å². The van der Waals surface area contributed by atoms with E-state index in [-0.39, 0.29) is 6.04 Å². The van der Waals surface area contributed by atoms with Gasteiger partial charge in [0, 0.05) is 15.0 Å². The largest absolute Gasteiger partial charge is 0.324 e. The van der Waals surface area contributed by atoms with Crippen molar-refractivity contribution in [3.63, 3.8) is 0 Å². The standard InChI is InChI=1S/C11H13Br2N/c12-8-4-5-9(10(13)6-8)11(14)7-2-1-3-7/h4-7,11H,1-3,14H2/t11-/m0/s1. The van der Waals surface area contributed by atoms with E-state index in [1.165, 1.54) is 24.8 Å². The molecule has 1 saturated carbocycles. The van der Waals surface area contributed by atoms with Crippen LogP contribution in [0, 0.1) is 5.92 Å². The highest BCUT2D eigenvalue weighted by Crippen LogP contribution is 2.38. The van der Waals surface area contributed by atoms with Gasteiger partial charge in [-0.05, 0) is 36.5 Å². The first-order valence-electron chi connectivity index (χ1n) is 4.89. The van der Waals surface area contributed by atoms with Gasteiger partial charge in [0.1, 0.15) is 0 Å². The maximum absolute atomic E-state index is 6.21. The van der Waals surface area contributed by atoms with E-state index in [1.807, 2.05) is 0 Å². The molecule has 0 amide bonds. The van der Waals surface area contributed by atoms with E-state index < -0.39 is 0 Å². The lowest BCUT2D eigenvalue weighted by Gasteiger charge is -2.32. The summed E-state index contributed by atoms with van der Waals surface area (Å²) in [6.07, 6.45) is 3.90. The van der Waals surface area contributed by atoms with Crippen molar-refractivity contribution in [2.75, 3.05) is 0 Å². The molecule has 1 nitrogen and oxygen atoms in total. The van der Waals surface area contributed by atoms with Crippen LogP contribution >= 0.6 is 31.9 Å². The van der Waals surface area contributed by atoms with Crippen LogP contribution in [0.5, 0.6) is 0 Å². The summed E-state index contributed by atoms with van der Waals surface area (Å²) in [7, 11) is 0. The first-order valence-corrected chi connectivity index (χ1v) is 6.47. The van der Waals surface area contributed by atoms with Gasteiger partial charge >= 0.3 is 0 Å². The molecule has 76 valence electrons. The molecule has 0 spiro atoms. The minimum absolute atomic E-state index is 0.200. The van der Waals surface area contributed by atoms with Crippen LogP contribution in [-0.2, 0) is 0 Å². The molecule has 1 atom stereocenters.